The second-order valence-corrected chi connectivity index (χ2v) is 5.65. The van der Waals surface area contributed by atoms with Gasteiger partial charge in [0.1, 0.15) is 12.4 Å². The number of anilines is 1. The zero-order chi connectivity index (χ0) is 16.3. The normalized spacial score (nSPS) is 16.3. The predicted octanol–water partition coefficient (Wildman–Crippen LogP) is 2.73. The van der Waals surface area contributed by atoms with E-state index >= 15 is 0 Å². The van der Waals surface area contributed by atoms with Gasteiger partial charge in [0.25, 0.3) is 0 Å². The molecular weight excluding hydrogens is 294 g/mol. The molecule has 0 amide bonds. The van der Waals surface area contributed by atoms with Crippen LogP contribution >= 0.6 is 0 Å². The largest absolute Gasteiger partial charge is 0.491 e. The maximum Gasteiger partial charge on any atom is 0.121 e. The Hall–Kier alpha value is -1.30. The number of ether oxygens (including phenoxy) is 4. The van der Waals surface area contributed by atoms with Crippen LogP contribution in [-0.4, -0.2) is 58.8 Å². The maximum absolute atomic E-state index is 5.76. The van der Waals surface area contributed by atoms with Gasteiger partial charge in [0.2, 0.25) is 0 Å². The first-order valence-corrected chi connectivity index (χ1v) is 8.54. The van der Waals surface area contributed by atoms with Crippen LogP contribution < -0.4 is 9.64 Å². The summed E-state index contributed by atoms with van der Waals surface area (Å²) in [7, 11) is 0. The summed E-state index contributed by atoms with van der Waals surface area (Å²) in [6.45, 7) is 10.0. The third-order valence-corrected chi connectivity index (χ3v) is 3.90. The van der Waals surface area contributed by atoms with Gasteiger partial charge in [-0.05, 0) is 25.5 Å². The minimum Gasteiger partial charge on any atom is -0.491 e. The van der Waals surface area contributed by atoms with E-state index in [0.717, 1.165) is 38.5 Å². The lowest BCUT2D eigenvalue weighted by molar-refractivity contribution is 0.00499. The number of rotatable bonds is 10. The van der Waals surface area contributed by atoms with E-state index in [-0.39, 0.29) is 0 Å². The lowest BCUT2D eigenvalue weighted by atomic mass is 10.2. The van der Waals surface area contributed by atoms with Gasteiger partial charge in [0.15, 0.2) is 0 Å². The molecule has 1 aromatic carbocycles. The summed E-state index contributed by atoms with van der Waals surface area (Å²) < 4.78 is 22.2. The zero-order valence-electron chi connectivity index (χ0n) is 14.3. The fourth-order valence-corrected chi connectivity index (χ4v) is 2.34. The highest BCUT2D eigenvalue weighted by Gasteiger charge is 2.11. The monoisotopic (exact) mass is 323 g/mol. The van der Waals surface area contributed by atoms with Gasteiger partial charge in [-0.3, -0.25) is 0 Å². The summed E-state index contributed by atoms with van der Waals surface area (Å²) in [5.74, 6) is 0.883. The average molecular weight is 323 g/mol. The number of hydrogen-bond acceptors (Lipinski definition) is 5. The Bertz CT molecular complexity index is 435. The van der Waals surface area contributed by atoms with E-state index in [0.29, 0.717) is 32.5 Å². The molecule has 1 heterocycles. The van der Waals surface area contributed by atoms with Crippen LogP contribution in [0.2, 0.25) is 0 Å². The van der Waals surface area contributed by atoms with Crippen molar-refractivity contribution in [1.29, 1.82) is 0 Å². The van der Waals surface area contributed by atoms with Gasteiger partial charge in [-0.2, -0.15) is 0 Å². The van der Waals surface area contributed by atoms with Gasteiger partial charge in [-0.15, -0.1) is 0 Å². The van der Waals surface area contributed by atoms with Crippen LogP contribution in [0.1, 0.15) is 20.3 Å². The van der Waals surface area contributed by atoms with Crippen molar-refractivity contribution in [2.24, 2.45) is 0 Å². The predicted molar refractivity (Wildman–Crippen MR) is 91.5 cm³/mol. The Morgan fingerprint density at radius 2 is 1.91 bits per heavy atom. The number of benzene rings is 1. The van der Waals surface area contributed by atoms with E-state index in [2.05, 4.69) is 30.9 Å². The second-order valence-electron chi connectivity index (χ2n) is 5.65. The van der Waals surface area contributed by atoms with Crippen LogP contribution in [0.4, 0.5) is 5.69 Å². The molecule has 1 aliphatic rings. The molecule has 0 radical (unpaired) electrons. The average Bonchev–Trinajstić information content (AvgIpc) is 2.61. The molecule has 23 heavy (non-hydrogen) atoms. The molecule has 1 fully saturated rings. The molecule has 0 aliphatic carbocycles. The van der Waals surface area contributed by atoms with Crippen molar-refractivity contribution in [2.45, 2.75) is 26.4 Å². The van der Waals surface area contributed by atoms with E-state index in [1.807, 2.05) is 12.1 Å². The molecule has 0 aromatic heterocycles. The summed E-state index contributed by atoms with van der Waals surface area (Å²) in [4.78, 5) is 2.32. The highest BCUT2D eigenvalue weighted by molar-refractivity contribution is 5.50. The fraction of sp³-hybridized carbons (Fsp3) is 0.667. The van der Waals surface area contributed by atoms with Crippen LogP contribution in [0.25, 0.3) is 0 Å². The quantitative estimate of drug-likeness (QED) is 0.619. The van der Waals surface area contributed by atoms with Crippen molar-refractivity contribution in [2.75, 3.05) is 57.6 Å². The number of hydrogen-bond donors (Lipinski definition) is 0. The molecule has 130 valence electrons. The molecule has 0 saturated carbocycles. The minimum absolute atomic E-state index is 0.303. The molecule has 1 saturated heterocycles. The fourth-order valence-electron chi connectivity index (χ4n) is 2.34. The Labute approximate surface area is 139 Å². The molecule has 1 aliphatic heterocycles. The molecular formula is C18H29NO4. The van der Waals surface area contributed by atoms with E-state index < -0.39 is 0 Å². The van der Waals surface area contributed by atoms with Crippen molar-refractivity contribution in [1.82, 2.24) is 0 Å². The first kappa shape index (κ1) is 18.0. The van der Waals surface area contributed by atoms with E-state index in [1.54, 1.807) is 0 Å². The summed E-state index contributed by atoms with van der Waals surface area (Å²) >= 11 is 0. The van der Waals surface area contributed by atoms with Crippen molar-refractivity contribution >= 4 is 5.69 Å². The van der Waals surface area contributed by atoms with Crippen LogP contribution in [0.5, 0.6) is 5.75 Å². The Morgan fingerprint density at radius 3 is 2.70 bits per heavy atom. The summed E-state index contributed by atoms with van der Waals surface area (Å²) in [6.07, 6.45) is 1.33. The van der Waals surface area contributed by atoms with E-state index in [1.165, 1.54) is 5.69 Å². The SMILES string of the molecule is CCC(C)OCCOCCOc1cccc(N2CCOCC2)c1. The standard InChI is InChI=1S/C18H29NO4/c1-3-16(2)22-13-11-21-12-14-23-18-6-4-5-17(15-18)19-7-9-20-10-8-19/h4-6,15-16H,3,7-14H2,1-2H3. The topological polar surface area (TPSA) is 40.2 Å². The lowest BCUT2D eigenvalue weighted by Crippen LogP contribution is -2.36. The Morgan fingerprint density at radius 1 is 1.13 bits per heavy atom. The third-order valence-electron chi connectivity index (χ3n) is 3.90. The number of morpholine rings is 1. The highest BCUT2D eigenvalue weighted by Crippen LogP contribution is 2.21. The van der Waals surface area contributed by atoms with Crippen LogP contribution in [0, 0.1) is 0 Å². The van der Waals surface area contributed by atoms with Crippen LogP contribution in [0.15, 0.2) is 24.3 Å². The molecule has 2 rings (SSSR count). The maximum atomic E-state index is 5.76. The zero-order valence-corrected chi connectivity index (χ0v) is 14.3. The molecule has 5 nitrogen and oxygen atoms in total. The molecule has 0 spiro atoms. The number of nitrogens with zero attached hydrogens (tertiary/aromatic N) is 1. The van der Waals surface area contributed by atoms with E-state index in [9.17, 15) is 0 Å². The summed E-state index contributed by atoms with van der Waals surface area (Å²) in [5, 5.41) is 0. The van der Waals surface area contributed by atoms with Crippen molar-refractivity contribution in [3.05, 3.63) is 24.3 Å². The highest BCUT2D eigenvalue weighted by atomic mass is 16.5. The van der Waals surface area contributed by atoms with Gasteiger partial charge in [0.05, 0.1) is 39.1 Å². The first-order valence-electron chi connectivity index (χ1n) is 8.54. The molecule has 1 aromatic rings. The molecule has 0 N–H and O–H groups in total. The minimum atomic E-state index is 0.303. The van der Waals surface area contributed by atoms with Crippen molar-refractivity contribution in [3.63, 3.8) is 0 Å². The van der Waals surface area contributed by atoms with Gasteiger partial charge in [0, 0.05) is 24.8 Å². The van der Waals surface area contributed by atoms with Crippen molar-refractivity contribution < 1.29 is 18.9 Å². The molecule has 1 unspecified atom stereocenters. The Balaban J connectivity index is 1.62. The van der Waals surface area contributed by atoms with Gasteiger partial charge < -0.3 is 23.8 Å². The lowest BCUT2D eigenvalue weighted by Gasteiger charge is -2.29. The third kappa shape index (κ3) is 6.77. The molecule has 0 bridgehead atoms. The van der Waals surface area contributed by atoms with Crippen molar-refractivity contribution in [3.8, 4) is 5.75 Å². The second kappa shape index (κ2) is 10.5. The summed E-state index contributed by atoms with van der Waals surface area (Å²) in [5.41, 5.74) is 1.19. The molecule has 1 atom stereocenters. The molecule has 5 heteroatoms. The summed E-state index contributed by atoms with van der Waals surface area (Å²) in [6, 6.07) is 8.20. The van der Waals surface area contributed by atoms with Gasteiger partial charge in [-0.25, -0.2) is 0 Å². The smallest absolute Gasteiger partial charge is 0.121 e. The first-order chi connectivity index (χ1) is 11.3. The van der Waals surface area contributed by atoms with Gasteiger partial charge in [-0.1, -0.05) is 13.0 Å². The van der Waals surface area contributed by atoms with E-state index in [4.69, 9.17) is 18.9 Å². The van der Waals surface area contributed by atoms with Crippen LogP contribution in [0.3, 0.4) is 0 Å². The Kier molecular flexibility index (Phi) is 8.21. The van der Waals surface area contributed by atoms with Gasteiger partial charge >= 0.3 is 0 Å². The van der Waals surface area contributed by atoms with Crippen LogP contribution in [-0.2, 0) is 14.2 Å².